The molecule has 0 aliphatic heterocycles. The van der Waals surface area contributed by atoms with E-state index in [-0.39, 0.29) is 16.4 Å². The standard InChI is InChI=1S/C13H8BrClFNO2/c14-9-6-8(16)2-4-11(9)19-12-3-1-7(13(17)18)5-10(12)15/h1-6H,(H2,17,18). The fraction of sp³-hybridized carbons (Fsp3) is 0. The van der Waals surface area contributed by atoms with Gasteiger partial charge < -0.3 is 10.5 Å². The molecule has 0 aromatic heterocycles. The molecule has 0 aliphatic rings. The quantitative estimate of drug-likeness (QED) is 0.910. The number of halogens is 3. The predicted molar refractivity (Wildman–Crippen MR) is 74.1 cm³/mol. The summed E-state index contributed by atoms with van der Waals surface area (Å²) in [7, 11) is 0. The average Bonchev–Trinajstić information content (AvgIpc) is 2.34. The molecule has 0 bridgehead atoms. The Hall–Kier alpha value is -1.59. The van der Waals surface area contributed by atoms with Gasteiger partial charge in [0, 0.05) is 5.56 Å². The van der Waals surface area contributed by atoms with E-state index >= 15 is 0 Å². The van der Waals surface area contributed by atoms with Crippen molar-refractivity contribution in [1.29, 1.82) is 0 Å². The summed E-state index contributed by atoms with van der Waals surface area (Å²) in [6.45, 7) is 0. The number of benzene rings is 2. The second-order valence-electron chi connectivity index (χ2n) is 3.69. The molecule has 0 unspecified atom stereocenters. The Morgan fingerprint density at radius 1 is 1.21 bits per heavy atom. The van der Waals surface area contributed by atoms with Gasteiger partial charge in [-0.05, 0) is 52.3 Å². The number of hydrogen-bond acceptors (Lipinski definition) is 2. The van der Waals surface area contributed by atoms with Gasteiger partial charge in [-0.3, -0.25) is 4.79 Å². The highest BCUT2D eigenvalue weighted by Gasteiger charge is 2.09. The highest BCUT2D eigenvalue weighted by atomic mass is 79.9. The lowest BCUT2D eigenvalue weighted by Crippen LogP contribution is -2.10. The first-order valence-corrected chi connectivity index (χ1v) is 6.37. The molecule has 6 heteroatoms. The zero-order valence-electron chi connectivity index (χ0n) is 9.49. The predicted octanol–water partition coefficient (Wildman–Crippen LogP) is 4.13. The van der Waals surface area contributed by atoms with Crippen molar-refractivity contribution in [2.45, 2.75) is 0 Å². The first-order valence-electron chi connectivity index (χ1n) is 5.19. The van der Waals surface area contributed by atoms with Gasteiger partial charge in [0.05, 0.1) is 9.50 Å². The van der Waals surface area contributed by atoms with Crippen LogP contribution >= 0.6 is 27.5 Å². The summed E-state index contributed by atoms with van der Waals surface area (Å²) in [5.41, 5.74) is 5.43. The van der Waals surface area contributed by atoms with E-state index in [1.807, 2.05) is 0 Å². The SMILES string of the molecule is NC(=O)c1ccc(Oc2ccc(F)cc2Br)c(Cl)c1. The molecule has 2 rings (SSSR count). The van der Waals surface area contributed by atoms with Crippen molar-refractivity contribution < 1.29 is 13.9 Å². The summed E-state index contributed by atoms with van der Waals surface area (Å²) in [4.78, 5) is 11.0. The molecular formula is C13H8BrClFNO2. The Labute approximate surface area is 122 Å². The van der Waals surface area contributed by atoms with Crippen LogP contribution < -0.4 is 10.5 Å². The fourth-order valence-electron chi connectivity index (χ4n) is 1.41. The maximum Gasteiger partial charge on any atom is 0.248 e. The minimum Gasteiger partial charge on any atom is -0.455 e. The van der Waals surface area contributed by atoms with Gasteiger partial charge in [0.15, 0.2) is 0 Å². The molecule has 3 nitrogen and oxygen atoms in total. The molecule has 0 heterocycles. The molecule has 1 amide bonds. The highest BCUT2D eigenvalue weighted by Crippen LogP contribution is 2.34. The molecule has 0 atom stereocenters. The average molecular weight is 345 g/mol. The second-order valence-corrected chi connectivity index (χ2v) is 4.95. The molecule has 0 saturated heterocycles. The van der Waals surface area contributed by atoms with E-state index in [1.54, 1.807) is 0 Å². The Bertz CT molecular complexity index is 649. The molecule has 0 fully saturated rings. The summed E-state index contributed by atoms with van der Waals surface area (Å²) in [6, 6.07) is 8.46. The number of ether oxygens (including phenoxy) is 1. The summed E-state index contributed by atoms with van der Waals surface area (Å²) >= 11 is 9.17. The molecule has 98 valence electrons. The molecule has 0 spiro atoms. The maximum absolute atomic E-state index is 12.9. The minimum absolute atomic E-state index is 0.243. The molecule has 0 aliphatic carbocycles. The smallest absolute Gasteiger partial charge is 0.248 e. The van der Waals surface area contributed by atoms with E-state index in [9.17, 15) is 9.18 Å². The van der Waals surface area contributed by atoms with E-state index in [0.717, 1.165) is 0 Å². The molecule has 2 aromatic rings. The van der Waals surface area contributed by atoms with Crippen molar-refractivity contribution in [1.82, 2.24) is 0 Å². The number of primary amides is 1. The molecule has 0 radical (unpaired) electrons. The molecule has 0 saturated carbocycles. The van der Waals surface area contributed by atoms with Crippen molar-refractivity contribution in [2.75, 3.05) is 0 Å². The number of nitrogens with two attached hydrogens (primary N) is 1. The molecular weight excluding hydrogens is 337 g/mol. The number of amides is 1. The van der Waals surface area contributed by atoms with Crippen LogP contribution in [-0.4, -0.2) is 5.91 Å². The van der Waals surface area contributed by atoms with Gasteiger partial charge in [0.1, 0.15) is 17.3 Å². The number of rotatable bonds is 3. The monoisotopic (exact) mass is 343 g/mol. The Balaban J connectivity index is 2.31. The zero-order valence-corrected chi connectivity index (χ0v) is 11.8. The zero-order chi connectivity index (χ0) is 14.0. The van der Waals surface area contributed by atoms with Crippen LogP contribution in [0.3, 0.4) is 0 Å². The van der Waals surface area contributed by atoms with Crippen LogP contribution in [0.4, 0.5) is 4.39 Å². The largest absolute Gasteiger partial charge is 0.455 e. The van der Waals surface area contributed by atoms with E-state index in [2.05, 4.69) is 15.9 Å². The van der Waals surface area contributed by atoms with Crippen LogP contribution in [0.2, 0.25) is 5.02 Å². The first kappa shape index (κ1) is 13.8. The van der Waals surface area contributed by atoms with Gasteiger partial charge in [-0.1, -0.05) is 11.6 Å². The van der Waals surface area contributed by atoms with Crippen LogP contribution in [0.15, 0.2) is 40.9 Å². The lowest BCUT2D eigenvalue weighted by molar-refractivity contribution is 0.100. The van der Waals surface area contributed by atoms with Crippen molar-refractivity contribution >= 4 is 33.4 Å². The van der Waals surface area contributed by atoms with Crippen molar-refractivity contribution in [3.8, 4) is 11.5 Å². The molecule has 2 aromatic carbocycles. The van der Waals surface area contributed by atoms with E-state index in [4.69, 9.17) is 22.1 Å². The summed E-state index contributed by atoms with van der Waals surface area (Å²) in [5, 5.41) is 0.243. The number of carbonyl (C=O) groups excluding carboxylic acids is 1. The normalized spacial score (nSPS) is 10.3. The van der Waals surface area contributed by atoms with Gasteiger partial charge in [-0.15, -0.1) is 0 Å². The van der Waals surface area contributed by atoms with E-state index in [0.29, 0.717) is 16.0 Å². The molecule has 19 heavy (non-hydrogen) atoms. The highest BCUT2D eigenvalue weighted by molar-refractivity contribution is 9.10. The first-order chi connectivity index (χ1) is 8.97. The van der Waals surface area contributed by atoms with Crippen LogP contribution in [0, 0.1) is 5.82 Å². The summed E-state index contributed by atoms with van der Waals surface area (Å²) in [6.07, 6.45) is 0. The lowest BCUT2D eigenvalue weighted by Gasteiger charge is -2.10. The Morgan fingerprint density at radius 2 is 1.89 bits per heavy atom. The Morgan fingerprint density at radius 3 is 2.47 bits per heavy atom. The summed E-state index contributed by atoms with van der Waals surface area (Å²) < 4.78 is 18.9. The lowest BCUT2D eigenvalue weighted by atomic mass is 10.2. The van der Waals surface area contributed by atoms with Crippen LogP contribution in [0.1, 0.15) is 10.4 Å². The van der Waals surface area contributed by atoms with Crippen molar-refractivity contribution in [2.24, 2.45) is 5.73 Å². The maximum atomic E-state index is 12.9. The summed E-state index contributed by atoms with van der Waals surface area (Å²) in [5.74, 6) is -0.195. The van der Waals surface area contributed by atoms with Gasteiger partial charge >= 0.3 is 0 Å². The third kappa shape index (κ3) is 3.24. The Kier molecular flexibility index (Phi) is 4.07. The van der Waals surface area contributed by atoms with Crippen molar-refractivity contribution in [3.63, 3.8) is 0 Å². The molecule has 2 N–H and O–H groups in total. The minimum atomic E-state index is -0.573. The fourth-order valence-corrected chi connectivity index (χ4v) is 2.06. The van der Waals surface area contributed by atoms with Crippen molar-refractivity contribution in [3.05, 3.63) is 57.3 Å². The van der Waals surface area contributed by atoms with Gasteiger partial charge in [0.2, 0.25) is 5.91 Å². The second kappa shape index (κ2) is 5.59. The third-order valence-electron chi connectivity index (χ3n) is 2.33. The van der Waals surface area contributed by atoms with Gasteiger partial charge in [-0.2, -0.15) is 0 Å². The number of carbonyl (C=O) groups is 1. The van der Waals surface area contributed by atoms with E-state index < -0.39 is 5.91 Å². The van der Waals surface area contributed by atoms with E-state index in [1.165, 1.54) is 36.4 Å². The van der Waals surface area contributed by atoms with Gasteiger partial charge in [-0.25, -0.2) is 4.39 Å². The topological polar surface area (TPSA) is 52.3 Å². The van der Waals surface area contributed by atoms with Gasteiger partial charge in [0.25, 0.3) is 0 Å². The van der Waals surface area contributed by atoms with Crippen LogP contribution in [0.25, 0.3) is 0 Å². The third-order valence-corrected chi connectivity index (χ3v) is 3.25. The van der Waals surface area contributed by atoms with Crippen LogP contribution in [-0.2, 0) is 0 Å². The number of hydrogen-bond donors (Lipinski definition) is 1. The van der Waals surface area contributed by atoms with Crippen LogP contribution in [0.5, 0.6) is 11.5 Å².